The maximum absolute atomic E-state index is 12.6. The van der Waals surface area contributed by atoms with Crippen LogP contribution in [0.1, 0.15) is 16.0 Å². The zero-order chi connectivity index (χ0) is 20.8. The molecule has 0 saturated carbocycles. The monoisotopic (exact) mass is 570 g/mol. The Morgan fingerprint density at radius 1 is 1.37 bits per heavy atom. The summed E-state index contributed by atoms with van der Waals surface area (Å²) in [5.74, 6) is 0.368. The number of halogens is 4. The fourth-order valence-corrected chi connectivity index (χ4v) is 4.11. The number of nitrogens with zero attached hydrogens (tertiary/aromatic N) is 2. The number of amides is 1. The zero-order valence-electron chi connectivity index (χ0n) is 16.2. The molecule has 2 aromatic rings. The Balaban J connectivity index is 0.00000320. The van der Waals surface area contributed by atoms with Crippen LogP contribution < -0.4 is 15.4 Å². The number of benzene rings is 1. The van der Waals surface area contributed by atoms with Gasteiger partial charge in [-0.3, -0.25) is 9.79 Å². The Morgan fingerprint density at radius 2 is 2.17 bits per heavy atom. The SMILES string of the molecule is CN=C(NCC(=O)N1CCc2sccc2C1)NCc1cc(Cl)ccc1OC(F)F.I. The topological polar surface area (TPSA) is 66.0 Å². The van der Waals surface area contributed by atoms with Crippen LogP contribution >= 0.6 is 46.9 Å². The summed E-state index contributed by atoms with van der Waals surface area (Å²) in [6.45, 7) is -1.40. The van der Waals surface area contributed by atoms with Crippen LogP contribution in [0.3, 0.4) is 0 Å². The Morgan fingerprint density at radius 3 is 2.90 bits per heavy atom. The highest BCUT2D eigenvalue weighted by Crippen LogP contribution is 2.25. The van der Waals surface area contributed by atoms with Gasteiger partial charge >= 0.3 is 6.61 Å². The first kappa shape index (κ1) is 24.6. The second-order valence-electron chi connectivity index (χ2n) is 6.34. The summed E-state index contributed by atoms with van der Waals surface area (Å²) in [7, 11) is 1.56. The number of carbonyl (C=O) groups is 1. The number of guanidine groups is 1. The number of hydrogen-bond donors (Lipinski definition) is 2. The van der Waals surface area contributed by atoms with Gasteiger partial charge in [-0.25, -0.2) is 0 Å². The molecule has 0 fully saturated rings. The number of rotatable bonds is 6. The molecule has 1 amide bonds. The predicted octanol–water partition coefficient (Wildman–Crippen LogP) is 3.87. The van der Waals surface area contributed by atoms with Crippen molar-refractivity contribution in [3.8, 4) is 5.75 Å². The van der Waals surface area contributed by atoms with E-state index in [9.17, 15) is 13.6 Å². The molecule has 0 spiro atoms. The number of fused-ring (bicyclic) bond motifs is 1. The lowest BCUT2D eigenvalue weighted by molar-refractivity contribution is -0.130. The van der Waals surface area contributed by atoms with Crippen LogP contribution in [0.25, 0.3) is 0 Å². The molecule has 2 N–H and O–H groups in total. The van der Waals surface area contributed by atoms with Gasteiger partial charge in [0.15, 0.2) is 5.96 Å². The van der Waals surface area contributed by atoms with E-state index in [0.29, 0.717) is 29.6 Å². The molecule has 1 aromatic carbocycles. The summed E-state index contributed by atoms with van der Waals surface area (Å²) in [6.07, 6.45) is 0.868. The third-order valence-electron chi connectivity index (χ3n) is 4.48. The lowest BCUT2D eigenvalue weighted by Crippen LogP contribution is -2.45. The van der Waals surface area contributed by atoms with Crippen LogP contribution in [-0.2, 0) is 24.3 Å². The van der Waals surface area contributed by atoms with Gasteiger partial charge in [0, 0.05) is 42.1 Å². The Hall–Kier alpha value is -1.66. The van der Waals surface area contributed by atoms with Gasteiger partial charge in [-0.05, 0) is 41.6 Å². The van der Waals surface area contributed by atoms with Crippen LogP contribution in [0.15, 0.2) is 34.6 Å². The van der Waals surface area contributed by atoms with Crippen molar-refractivity contribution in [1.29, 1.82) is 0 Å². The van der Waals surface area contributed by atoms with Gasteiger partial charge in [0.2, 0.25) is 5.91 Å². The quantitative estimate of drug-likeness (QED) is 0.315. The number of ether oxygens (including phenoxy) is 1. The number of thiophene rings is 1. The Kier molecular flexibility index (Phi) is 9.56. The Bertz CT molecular complexity index is 897. The van der Waals surface area contributed by atoms with E-state index in [4.69, 9.17) is 11.6 Å². The molecular weight excluding hydrogens is 549 g/mol. The smallest absolute Gasteiger partial charge is 0.387 e. The van der Waals surface area contributed by atoms with Crippen molar-refractivity contribution in [2.45, 2.75) is 26.1 Å². The fraction of sp³-hybridized carbons (Fsp3) is 0.368. The molecule has 1 aliphatic rings. The van der Waals surface area contributed by atoms with Crippen molar-refractivity contribution in [3.63, 3.8) is 0 Å². The standard InChI is InChI=1S/C19H21ClF2N4O2S.HI/c1-23-19(24-9-13-8-14(20)2-3-15(13)28-18(21)22)25-10-17(27)26-6-4-16-12(11-26)5-7-29-16;/h2-3,5,7-8,18H,4,6,9-11H2,1H3,(H2,23,24,25);1H. The summed E-state index contributed by atoms with van der Waals surface area (Å²) in [5.41, 5.74) is 1.65. The molecule has 1 aliphatic heterocycles. The van der Waals surface area contributed by atoms with E-state index in [1.165, 1.54) is 28.6 Å². The van der Waals surface area contributed by atoms with E-state index in [-0.39, 0.29) is 48.7 Å². The van der Waals surface area contributed by atoms with E-state index in [1.54, 1.807) is 23.3 Å². The van der Waals surface area contributed by atoms with E-state index in [2.05, 4.69) is 26.4 Å². The van der Waals surface area contributed by atoms with Gasteiger partial charge in [-0.2, -0.15) is 8.78 Å². The highest BCUT2D eigenvalue weighted by Gasteiger charge is 2.21. The fourth-order valence-electron chi connectivity index (χ4n) is 3.03. The highest BCUT2D eigenvalue weighted by molar-refractivity contribution is 14.0. The molecule has 164 valence electrons. The minimum absolute atomic E-state index is 0. The van der Waals surface area contributed by atoms with Crippen molar-refractivity contribution in [2.75, 3.05) is 20.1 Å². The molecule has 3 rings (SSSR count). The molecule has 0 unspecified atom stereocenters. The number of aliphatic imine (C=N–C) groups is 1. The molecule has 1 aromatic heterocycles. The predicted molar refractivity (Wildman–Crippen MR) is 125 cm³/mol. The molecular formula is C19H22ClF2IN4O2S. The lowest BCUT2D eigenvalue weighted by atomic mass is 10.1. The van der Waals surface area contributed by atoms with Crippen molar-refractivity contribution >= 4 is 58.8 Å². The molecule has 0 atom stereocenters. The minimum atomic E-state index is -2.93. The van der Waals surface area contributed by atoms with Crippen LogP contribution in [-0.4, -0.2) is 43.5 Å². The Labute approximate surface area is 199 Å². The number of alkyl halides is 2. The molecule has 0 aliphatic carbocycles. The molecule has 0 saturated heterocycles. The first-order chi connectivity index (χ1) is 14.0. The average molecular weight is 571 g/mol. The third-order valence-corrected chi connectivity index (χ3v) is 5.73. The van der Waals surface area contributed by atoms with Gasteiger partial charge in [-0.15, -0.1) is 35.3 Å². The van der Waals surface area contributed by atoms with Crippen LogP contribution in [0, 0.1) is 0 Å². The van der Waals surface area contributed by atoms with E-state index >= 15 is 0 Å². The first-order valence-corrected chi connectivity index (χ1v) is 10.2. The second-order valence-corrected chi connectivity index (χ2v) is 7.78. The number of hydrogen-bond acceptors (Lipinski definition) is 4. The maximum Gasteiger partial charge on any atom is 0.387 e. The van der Waals surface area contributed by atoms with Crippen LogP contribution in [0.2, 0.25) is 5.02 Å². The summed E-state index contributed by atoms with van der Waals surface area (Å²) in [4.78, 5) is 19.7. The largest absolute Gasteiger partial charge is 0.434 e. The molecule has 2 heterocycles. The van der Waals surface area contributed by atoms with Crippen molar-refractivity contribution in [2.24, 2.45) is 4.99 Å². The third kappa shape index (κ3) is 6.67. The van der Waals surface area contributed by atoms with Gasteiger partial charge in [-0.1, -0.05) is 11.6 Å². The number of carbonyl (C=O) groups excluding carboxylic acids is 1. The lowest BCUT2D eigenvalue weighted by Gasteiger charge is -2.27. The van der Waals surface area contributed by atoms with Gasteiger partial charge in [0.05, 0.1) is 6.54 Å². The van der Waals surface area contributed by atoms with Crippen molar-refractivity contribution < 1.29 is 18.3 Å². The number of nitrogens with one attached hydrogen (secondary N) is 2. The van der Waals surface area contributed by atoms with Crippen molar-refractivity contribution in [1.82, 2.24) is 15.5 Å². The van der Waals surface area contributed by atoms with Gasteiger partial charge in [0.1, 0.15) is 5.75 Å². The molecule has 11 heteroatoms. The summed E-state index contributed by atoms with van der Waals surface area (Å²) >= 11 is 7.67. The zero-order valence-corrected chi connectivity index (χ0v) is 20.1. The van der Waals surface area contributed by atoms with E-state index in [1.807, 2.05) is 5.38 Å². The van der Waals surface area contributed by atoms with Crippen LogP contribution in [0.4, 0.5) is 8.78 Å². The normalized spacial score (nSPS) is 13.5. The first-order valence-electron chi connectivity index (χ1n) is 8.97. The summed E-state index contributed by atoms with van der Waals surface area (Å²) in [6, 6.07) is 6.46. The van der Waals surface area contributed by atoms with Gasteiger partial charge in [0.25, 0.3) is 0 Å². The van der Waals surface area contributed by atoms with E-state index in [0.717, 1.165) is 6.42 Å². The molecule has 6 nitrogen and oxygen atoms in total. The molecule has 0 radical (unpaired) electrons. The summed E-state index contributed by atoms with van der Waals surface area (Å²) in [5, 5.41) is 8.39. The molecule has 0 bridgehead atoms. The van der Waals surface area contributed by atoms with E-state index < -0.39 is 6.61 Å². The molecule has 30 heavy (non-hydrogen) atoms. The highest BCUT2D eigenvalue weighted by atomic mass is 127. The average Bonchev–Trinajstić information content (AvgIpc) is 3.17. The van der Waals surface area contributed by atoms with Crippen LogP contribution in [0.5, 0.6) is 5.75 Å². The van der Waals surface area contributed by atoms with Gasteiger partial charge < -0.3 is 20.3 Å². The van der Waals surface area contributed by atoms with Crippen molar-refractivity contribution in [3.05, 3.63) is 50.7 Å². The summed E-state index contributed by atoms with van der Waals surface area (Å²) < 4.78 is 29.7. The minimum Gasteiger partial charge on any atom is -0.434 e. The second kappa shape index (κ2) is 11.7. The maximum atomic E-state index is 12.6.